The van der Waals surface area contributed by atoms with Crippen LogP contribution in [-0.4, -0.2) is 11.5 Å². The molecule has 0 radical (unpaired) electrons. The Bertz CT molecular complexity index is 587. The van der Waals surface area contributed by atoms with Gasteiger partial charge in [-0.25, -0.2) is 0 Å². The van der Waals surface area contributed by atoms with Gasteiger partial charge in [0.05, 0.1) is 0 Å². The smallest absolute Gasteiger partial charge is 0.0423 e. The predicted molar refractivity (Wildman–Crippen MR) is 95.8 cm³/mol. The van der Waals surface area contributed by atoms with E-state index in [0.29, 0.717) is 0 Å². The average molecular weight is 433 g/mol. The largest absolute Gasteiger partial charge is 0.310 e. The molecule has 0 aliphatic carbocycles. The summed E-state index contributed by atoms with van der Waals surface area (Å²) in [5, 5.41) is 4.33. The van der Waals surface area contributed by atoms with Crippen molar-refractivity contribution in [2.45, 2.75) is 25.8 Å². The molecule has 0 spiro atoms. The molecule has 1 aromatic carbocycles. The molecule has 1 atom stereocenters. The Hall–Kier alpha value is -0.420. The summed E-state index contributed by atoms with van der Waals surface area (Å²) in [5.41, 5.74) is 2.22. The Morgan fingerprint density at radius 3 is 2.71 bits per heavy atom. The zero-order valence-corrected chi connectivity index (χ0v) is 15.7. The molecule has 0 saturated heterocycles. The van der Waals surface area contributed by atoms with Crippen molar-refractivity contribution in [1.82, 2.24) is 10.3 Å². The van der Waals surface area contributed by atoms with E-state index < -0.39 is 0 Å². The first-order valence-corrected chi connectivity index (χ1v) is 8.85. The van der Waals surface area contributed by atoms with Gasteiger partial charge in [0.15, 0.2) is 0 Å². The fourth-order valence-corrected chi connectivity index (χ4v) is 3.07. The molecule has 21 heavy (non-hydrogen) atoms. The number of hydrogen-bond donors (Lipinski definition) is 1. The SMILES string of the molecule is CCCNC(Cc1ccc(Br)cn1)c1cc(Cl)ccc1Br. The van der Waals surface area contributed by atoms with E-state index in [2.05, 4.69) is 49.1 Å². The number of halogens is 3. The van der Waals surface area contributed by atoms with E-state index in [1.54, 1.807) is 0 Å². The molecule has 0 aliphatic heterocycles. The molecule has 1 aromatic heterocycles. The van der Waals surface area contributed by atoms with E-state index in [-0.39, 0.29) is 6.04 Å². The summed E-state index contributed by atoms with van der Waals surface area (Å²) in [6.07, 6.45) is 3.74. The van der Waals surface area contributed by atoms with Crippen molar-refractivity contribution >= 4 is 43.5 Å². The van der Waals surface area contributed by atoms with E-state index in [0.717, 1.165) is 39.0 Å². The Labute approximate surface area is 147 Å². The van der Waals surface area contributed by atoms with Crippen molar-refractivity contribution < 1.29 is 0 Å². The fourth-order valence-electron chi connectivity index (χ4n) is 2.13. The summed E-state index contributed by atoms with van der Waals surface area (Å²) in [5.74, 6) is 0. The average Bonchev–Trinajstić information content (AvgIpc) is 2.48. The van der Waals surface area contributed by atoms with E-state index in [9.17, 15) is 0 Å². The van der Waals surface area contributed by atoms with E-state index in [4.69, 9.17) is 11.6 Å². The van der Waals surface area contributed by atoms with Gasteiger partial charge in [-0.05, 0) is 64.8 Å². The zero-order valence-electron chi connectivity index (χ0n) is 11.7. The van der Waals surface area contributed by atoms with E-state index in [1.165, 1.54) is 5.56 Å². The molecule has 1 N–H and O–H groups in total. The van der Waals surface area contributed by atoms with Gasteiger partial charge in [0.2, 0.25) is 0 Å². The first-order chi connectivity index (χ1) is 10.1. The lowest BCUT2D eigenvalue weighted by molar-refractivity contribution is 0.523. The molecule has 0 amide bonds. The first-order valence-electron chi connectivity index (χ1n) is 6.89. The molecular formula is C16H17Br2ClN2. The third-order valence-corrected chi connectivity index (χ3v) is 4.60. The number of rotatable bonds is 6. The Balaban J connectivity index is 2.25. The summed E-state index contributed by atoms with van der Waals surface area (Å²) < 4.78 is 2.06. The normalized spacial score (nSPS) is 12.4. The predicted octanol–water partition coefficient (Wildman–Crippen LogP) is 5.54. The molecule has 1 unspecified atom stereocenters. The minimum absolute atomic E-state index is 0.187. The van der Waals surface area contributed by atoms with Crippen molar-refractivity contribution in [3.63, 3.8) is 0 Å². The third-order valence-electron chi connectivity index (χ3n) is 3.18. The monoisotopic (exact) mass is 430 g/mol. The molecule has 112 valence electrons. The Morgan fingerprint density at radius 2 is 2.05 bits per heavy atom. The van der Waals surface area contributed by atoms with Crippen LogP contribution in [0.25, 0.3) is 0 Å². The molecule has 0 saturated carbocycles. The molecule has 2 rings (SSSR count). The minimum Gasteiger partial charge on any atom is -0.310 e. The Kier molecular flexibility index (Phi) is 6.68. The molecule has 0 fully saturated rings. The lowest BCUT2D eigenvalue weighted by Gasteiger charge is -2.20. The zero-order chi connectivity index (χ0) is 15.2. The summed E-state index contributed by atoms with van der Waals surface area (Å²) in [6, 6.07) is 10.1. The van der Waals surface area contributed by atoms with Gasteiger partial charge in [0.1, 0.15) is 0 Å². The van der Waals surface area contributed by atoms with Crippen LogP contribution in [0.5, 0.6) is 0 Å². The third kappa shape index (κ3) is 5.06. The standard InChI is InChI=1S/C16H17Br2ClN2/c1-2-7-20-16(9-13-5-3-11(17)10-21-13)14-8-12(19)4-6-15(14)18/h3-6,8,10,16,20H,2,7,9H2,1H3. The number of benzene rings is 1. The van der Waals surface area contributed by atoms with Gasteiger partial charge in [0, 0.05) is 38.3 Å². The summed E-state index contributed by atoms with van der Waals surface area (Å²) >= 11 is 13.2. The highest BCUT2D eigenvalue weighted by Gasteiger charge is 2.15. The maximum absolute atomic E-state index is 6.15. The topological polar surface area (TPSA) is 24.9 Å². The van der Waals surface area contributed by atoms with Crippen LogP contribution in [0.1, 0.15) is 30.6 Å². The Morgan fingerprint density at radius 1 is 1.24 bits per heavy atom. The molecular weight excluding hydrogens is 415 g/mol. The molecule has 2 aromatic rings. The number of pyridine rings is 1. The van der Waals surface area contributed by atoms with Crippen LogP contribution >= 0.6 is 43.5 Å². The number of nitrogens with one attached hydrogen (secondary N) is 1. The first kappa shape index (κ1) is 16.9. The highest BCUT2D eigenvalue weighted by molar-refractivity contribution is 9.10. The van der Waals surface area contributed by atoms with Gasteiger partial charge in [-0.3, -0.25) is 4.98 Å². The van der Waals surface area contributed by atoms with Crippen LogP contribution in [0, 0.1) is 0 Å². The van der Waals surface area contributed by atoms with Crippen molar-refractivity contribution in [2.24, 2.45) is 0 Å². The summed E-state index contributed by atoms with van der Waals surface area (Å²) in [6.45, 7) is 3.12. The number of aromatic nitrogens is 1. The maximum atomic E-state index is 6.15. The van der Waals surface area contributed by atoms with Gasteiger partial charge in [-0.15, -0.1) is 0 Å². The van der Waals surface area contributed by atoms with Gasteiger partial charge < -0.3 is 5.32 Å². The quantitative estimate of drug-likeness (QED) is 0.648. The van der Waals surface area contributed by atoms with Crippen molar-refractivity contribution in [1.29, 1.82) is 0 Å². The van der Waals surface area contributed by atoms with E-state index >= 15 is 0 Å². The van der Waals surface area contributed by atoms with Gasteiger partial charge >= 0.3 is 0 Å². The van der Waals surface area contributed by atoms with Crippen LogP contribution < -0.4 is 5.32 Å². The number of hydrogen-bond acceptors (Lipinski definition) is 2. The number of nitrogens with zero attached hydrogens (tertiary/aromatic N) is 1. The lowest BCUT2D eigenvalue weighted by Crippen LogP contribution is -2.24. The summed E-state index contributed by atoms with van der Waals surface area (Å²) in [4.78, 5) is 4.47. The van der Waals surface area contributed by atoms with Crippen molar-refractivity contribution in [2.75, 3.05) is 6.54 Å². The lowest BCUT2D eigenvalue weighted by atomic mass is 10.0. The molecule has 5 heteroatoms. The van der Waals surface area contributed by atoms with Crippen LogP contribution in [0.2, 0.25) is 5.02 Å². The van der Waals surface area contributed by atoms with Crippen LogP contribution in [-0.2, 0) is 6.42 Å². The highest BCUT2D eigenvalue weighted by Crippen LogP contribution is 2.29. The second-order valence-corrected chi connectivity index (χ2v) is 7.05. The van der Waals surface area contributed by atoms with Gasteiger partial charge in [0.25, 0.3) is 0 Å². The van der Waals surface area contributed by atoms with E-state index in [1.807, 2.05) is 36.5 Å². The fraction of sp³-hybridized carbons (Fsp3) is 0.312. The molecule has 0 bridgehead atoms. The minimum atomic E-state index is 0.187. The van der Waals surface area contributed by atoms with Gasteiger partial charge in [-0.2, -0.15) is 0 Å². The molecule has 0 aliphatic rings. The molecule has 2 nitrogen and oxygen atoms in total. The van der Waals surface area contributed by atoms with Crippen LogP contribution in [0.15, 0.2) is 45.5 Å². The van der Waals surface area contributed by atoms with Crippen molar-refractivity contribution in [3.8, 4) is 0 Å². The highest BCUT2D eigenvalue weighted by atomic mass is 79.9. The summed E-state index contributed by atoms with van der Waals surface area (Å²) in [7, 11) is 0. The van der Waals surface area contributed by atoms with Crippen molar-refractivity contribution in [3.05, 3.63) is 61.8 Å². The maximum Gasteiger partial charge on any atom is 0.0423 e. The second kappa shape index (κ2) is 8.28. The van der Waals surface area contributed by atoms with Gasteiger partial charge in [-0.1, -0.05) is 34.5 Å². The van der Waals surface area contributed by atoms with Crippen LogP contribution in [0.4, 0.5) is 0 Å². The second-order valence-electron chi connectivity index (χ2n) is 4.84. The molecule has 1 heterocycles. The van der Waals surface area contributed by atoms with Crippen LogP contribution in [0.3, 0.4) is 0 Å².